The lowest BCUT2D eigenvalue weighted by Crippen LogP contribution is -2.41. The molecule has 2 atom stereocenters. The zero-order valence-corrected chi connectivity index (χ0v) is 15.9. The molecule has 2 aliphatic rings. The third-order valence-electron chi connectivity index (χ3n) is 5.24. The average Bonchev–Trinajstić information content (AvgIpc) is 3.41. The van der Waals surface area contributed by atoms with Crippen molar-refractivity contribution in [3.63, 3.8) is 0 Å². The Kier molecular flexibility index (Phi) is 6.68. The van der Waals surface area contributed by atoms with Crippen LogP contribution in [0.15, 0.2) is 42.5 Å². The van der Waals surface area contributed by atoms with Gasteiger partial charge in [-0.2, -0.15) is 0 Å². The first-order chi connectivity index (χ1) is 12.7. The lowest BCUT2D eigenvalue weighted by molar-refractivity contribution is 0.285. The molecule has 2 aromatic rings. The molecule has 0 amide bonds. The molecule has 4 rings (SSSR count). The summed E-state index contributed by atoms with van der Waals surface area (Å²) >= 11 is 0. The minimum Gasteiger partial charge on any atom is -0.486 e. The van der Waals surface area contributed by atoms with Gasteiger partial charge in [-0.05, 0) is 44.0 Å². The fourth-order valence-electron chi connectivity index (χ4n) is 3.75. The maximum Gasteiger partial charge on any atom is 0.168 e. The topological polar surface area (TPSA) is 33.3 Å². The van der Waals surface area contributed by atoms with Crippen LogP contribution in [0.25, 0.3) is 0 Å². The van der Waals surface area contributed by atoms with Gasteiger partial charge in [-0.25, -0.2) is 8.78 Å². The molecule has 1 aliphatic carbocycles. The van der Waals surface area contributed by atoms with Crippen molar-refractivity contribution >= 4 is 12.4 Å². The van der Waals surface area contributed by atoms with Crippen LogP contribution in [0.4, 0.5) is 8.78 Å². The Bertz CT molecular complexity index is 753. The van der Waals surface area contributed by atoms with Crippen LogP contribution in [0.5, 0.6) is 5.75 Å². The van der Waals surface area contributed by atoms with Crippen LogP contribution in [-0.4, -0.2) is 25.2 Å². The van der Waals surface area contributed by atoms with Gasteiger partial charge in [0.05, 0.1) is 0 Å². The van der Waals surface area contributed by atoms with Crippen LogP contribution in [0.1, 0.15) is 36.3 Å². The van der Waals surface area contributed by atoms with Crippen LogP contribution < -0.4 is 15.4 Å². The summed E-state index contributed by atoms with van der Waals surface area (Å²) in [5.41, 5.74) is 1.60. The zero-order valence-electron chi connectivity index (χ0n) is 15.1. The van der Waals surface area contributed by atoms with Gasteiger partial charge in [0.2, 0.25) is 0 Å². The molecule has 146 valence electrons. The lowest BCUT2D eigenvalue weighted by Gasteiger charge is -2.24. The van der Waals surface area contributed by atoms with Gasteiger partial charge in [0.15, 0.2) is 11.6 Å². The van der Waals surface area contributed by atoms with E-state index in [2.05, 4.69) is 10.6 Å². The number of rotatable bonds is 6. The van der Waals surface area contributed by atoms with E-state index in [0.717, 1.165) is 44.0 Å². The highest BCUT2D eigenvalue weighted by Gasteiger charge is 2.42. The Balaban J connectivity index is 0.00000210. The van der Waals surface area contributed by atoms with Crippen LogP contribution in [0.3, 0.4) is 0 Å². The summed E-state index contributed by atoms with van der Waals surface area (Å²) in [6, 6.07) is 12.7. The van der Waals surface area contributed by atoms with Crippen LogP contribution in [-0.2, 0) is 6.61 Å². The normalized spacial score (nSPS) is 22.1. The Labute approximate surface area is 164 Å². The fourth-order valence-corrected chi connectivity index (χ4v) is 3.75. The van der Waals surface area contributed by atoms with E-state index in [0.29, 0.717) is 11.6 Å². The molecule has 1 saturated carbocycles. The SMILES string of the molecule is Cl.Fc1cc(F)c(OCc2ccccc2)c([C@@H]2C[C@H]2NC2CCNCC2)c1. The van der Waals surface area contributed by atoms with Crippen molar-refractivity contribution < 1.29 is 13.5 Å². The number of piperidine rings is 1. The molecule has 0 aromatic heterocycles. The second kappa shape index (κ2) is 9.00. The minimum absolute atomic E-state index is 0. The van der Waals surface area contributed by atoms with E-state index in [-0.39, 0.29) is 36.7 Å². The van der Waals surface area contributed by atoms with Gasteiger partial charge in [0, 0.05) is 29.6 Å². The molecule has 27 heavy (non-hydrogen) atoms. The highest BCUT2D eigenvalue weighted by Crippen LogP contribution is 2.46. The van der Waals surface area contributed by atoms with E-state index in [4.69, 9.17) is 4.74 Å². The van der Waals surface area contributed by atoms with Gasteiger partial charge in [0.1, 0.15) is 12.4 Å². The summed E-state index contributed by atoms with van der Waals surface area (Å²) in [7, 11) is 0. The summed E-state index contributed by atoms with van der Waals surface area (Å²) in [5, 5.41) is 6.99. The first-order valence-corrected chi connectivity index (χ1v) is 9.33. The fraction of sp³-hybridized carbons (Fsp3) is 0.429. The van der Waals surface area contributed by atoms with E-state index in [1.54, 1.807) is 0 Å². The van der Waals surface area contributed by atoms with Crippen molar-refractivity contribution in [1.82, 2.24) is 10.6 Å². The Morgan fingerprint density at radius 2 is 1.81 bits per heavy atom. The van der Waals surface area contributed by atoms with Crippen molar-refractivity contribution in [2.75, 3.05) is 13.1 Å². The predicted molar refractivity (Wildman–Crippen MR) is 105 cm³/mol. The highest BCUT2D eigenvalue weighted by atomic mass is 35.5. The van der Waals surface area contributed by atoms with Gasteiger partial charge in [-0.1, -0.05) is 30.3 Å². The van der Waals surface area contributed by atoms with E-state index < -0.39 is 11.6 Å². The monoisotopic (exact) mass is 394 g/mol. The lowest BCUT2D eigenvalue weighted by atomic mass is 10.1. The molecule has 1 heterocycles. The molecule has 3 nitrogen and oxygen atoms in total. The molecule has 6 heteroatoms. The average molecular weight is 395 g/mol. The molecule has 0 unspecified atom stereocenters. The van der Waals surface area contributed by atoms with Crippen molar-refractivity contribution in [1.29, 1.82) is 0 Å². The van der Waals surface area contributed by atoms with Crippen molar-refractivity contribution in [2.45, 2.75) is 43.9 Å². The molecule has 0 spiro atoms. The zero-order chi connectivity index (χ0) is 17.9. The molecule has 0 radical (unpaired) electrons. The smallest absolute Gasteiger partial charge is 0.168 e. The standard InChI is InChI=1S/C21H24F2N2O.ClH/c22-15-10-18(17-12-20(17)25-16-6-8-24-9-7-16)21(19(23)11-15)26-13-14-4-2-1-3-5-14;/h1-5,10-11,16-17,20,24-25H,6-9,12-13H2;1H/t17-,20+;/m0./s1. The number of hydrogen-bond donors (Lipinski definition) is 2. The molecule has 0 bridgehead atoms. The number of ether oxygens (including phenoxy) is 1. The minimum atomic E-state index is -0.622. The Morgan fingerprint density at radius 1 is 1.07 bits per heavy atom. The highest BCUT2D eigenvalue weighted by molar-refractivity contribution is 5.85. The second-order valence-electron chi connectivity index (χ2n) is 7.22. The van der Waals surface area contributed by atoms with Gasteiger partial charge < -0.3 is 15.4 Å². The van der Waals surface area contributed by atoms with Gasteiger partial charge >= 0.3 is 0 Å². The van der Waals surface area contributed by atoms with Gasteiger partial charge in [-0.15, -0.1) is 12.4 Å². The van der Waals surface area contributed by atoms with Gasteiger partial charge in [0.25, 0.3) is 0 Å². The largest absolute Gasteiger partial charge is 0.486 e. The number of nitrogens with one attached hydrogen (secondary N) is 2. The first kappa shape index (κ1) is 20.1. The number of halogens is 3. The molecule has 1 saturated heterocycles. The maximum atomic E-state index is 14.4. The van der Waals surface area contributed by atoms with Crippen molar-refractivity contribution in [3.05, 3.63) is 65.2 Å². The number of benzene rings is 2. The summed E-state index contributed by atoms with van der Waals surface area (Å²) in [6.45, 7) is 2.32. The second-order valence-corrected chi connectivity index (χ2v) is 7.22. The van der Waals surface area contributed by atoms with Crippen molar-refractivity contribution in [3.8, 4) is 5.75 Å². The third kappa shape index (κ3) is 4.98. The third-order valence-corrected chi connectivity index (χ3v) is 5.24. The van der Waals surface area contributed by atoms with Crippen LogP contribution in [0, 0.1) is 11.6 Å². The maximum absolute atomic E-state index is 14.4. The van der Waals surface area contributed by atoms with E-state index in [1.165, 1.54) is 6.07 Å². The summed E-state index contributed by atoms with van der Waals surface area (Å²) in [5.74, 6) is -0.865. The Morgan fingerprint density at radius 3 is 2.56 bits per heavy atom. The van der Waals surface area contributed by atoms with E-state index >= 15 is 0 Å². The molecule has 2 fully saturated rings. The number of hydrogen-bond acceptors (Lipinski definition) is 3. The van der Waals surface area contributed by atoms with E-state index in [9.17, 15) is 8.78 Å². The molecular formula is C21H25ClF2N2O. The Hall–Kier alpha value is -1.69. The van der Waals surface area contributed by atoms with Crippen LogP contribution >= 0.6 is 12.4 Å². The van der Waals surface area contributed by atoms with Gasteiger partial charge in [-0.3, -0.25) is 0 Å². The quantitative estimate of drug-likeness (QED) is 0.771. The molecular weight excluding hydrogens is 370 g/mol. The predicted octanol–water partition coefficient (Wildman–Crippen LogP) is 4.16. The van der Waals surface area contributed by atoms with E-state index in [1.807, 2.05) is 30.3 Å². The molecule has 2 N–H and O–H groups in total. The summed E-state index contributed by atoms with van der Waals surface area (Å²) in [4.78, 5) is 0. The van der Waals surface area contributed by atoms with Crippen LogP contribution in [0.2, 0.25) is 0 Å². The first-order valence-electron chi connectivity index (χ1n) is 9.33. The molecule has 1 aliphatic heterocycles. The van der Waals surface area contributed by atoms with Crippen molar-refractivity contribution in [2.24, 2.45) is 0 Å². The summed E-state index contributed by atoms with van der Waals surface area (Å²) in [6.07, 6.45) is 3.09. The molecule has 2 aromatic carbocycles. The summed E-state index contributed by atoms with van der Waals surface area (Å²) < 4.78 is 34.0.